The third kappa shape index (κ3) is 5.80. The number of halogens is 1. The van der Waals surface area contributed by atoms with Gasteiger partial charge in [-0.25, -0.2) is 0 Å². The molecule has 0 radical (unpaired) electrons. The molecule has 1 aliphatic carbocycles. The van der Waals surface area contributed by atoms with Gasteiger partial charge < -0.3 is 0 Å². The summed E-state index contributed by atoms with van der Waals surface area (Å²) < 4.78 is 12.0. The van der Waals surface area contributed by atoms with Crippen LogP contribution in [0.25, 0.3) is 11.1 Å². The zero-order valence-corrected chi connectivity index (χ0v) is 16.6. The quantitative estimate of drug-likeness (QED) is 0.344. The van der Waals surface area contributed by atoms with Crippen molar-refractivity contribution in [3.8, 4) is 17.2 Å². The number of allylic oxidation sites excluding steroid dienone is 2. The van der Waals surface area contributed by atoms with Crippen molar-refractivity contribution in [2.24, 2.45) is 5.92 Å². The van der Waals surface area contributed by atoms with Gasteiger partial charge in [-0.1, -0.05) is 55.0 Å². The fraction of sp³-hybridized carbons (Fsp3) is 0.423. The lowest BCUT2D eigenvalue weighted by Gasteiger charge is -2.29. The highest BCUT2D eigenvalue weighted by atomic mass is 19.1. The normalized spacial score (nSPS) is 19.6. The maximum Gasteiger partial charge on any atom is 0.0991 e. The van der Waals surface area contributed by atoms with Gasteiger partial charge in [0.25, 0.3) is 0 Å². The number of rotatable bonds is 8. The van der Waals surface area contributed by atoms with Crippen LogP contribution in [0, 0.1) is 17.2 Å². The molecule has 0 amide bonds. The Balaban J connectivity index is 1.46. The molecule has 1 nitrogen and oxygen atoms in total. The maximum absolute atomic E-state index is 12.0. The van der Waals surface area contributed by atoms with Gasteiger partial charge in [-0.2, -0.15) is 5.26 Å². The van der Waals surface area contributed by atoms with Crippen LogP contribution in [0.1, 0.15) is 68.4 Å². The predicted molar refractivity (Wildman–Crippen MR) is 115 cm³/mol. The smallest absolute Gasteiger partial charge is 0.0991 e. The first kappa shape index (κ1) is 20.3. The van der Waals surface area contributed by atoms with E-state index in [0.29, 0.717) is 17.9 Å². The summed E-state index contributed by atoms with van der Waals surface area (Å²) in [6, 6.07) is 19.0. The summed E-state index contributed by atoms with van der Waals surface area (Å²) in [5, 5.41) is 8.92. The van der Waals surface area contributed by atoms with Crippen LogP contribution >= 0.6 is 0 Å². The molecule has 146 valence electrons. The van der Waals surface area contributed by atoms with Crippen LogP contribution in [0.2, 0.25) is 0 Å². The molecule has 1 fully saturated rings. The molecule has 2 heteroatoms. The summed E-state index contributed by atoms with van der Waals surface area (Å²) in [6.07, 6.45) is 13.6. The van der Waals surface area contributed by atoms with E-state index in [1.807, 2.05) is 30.3 Å². The Morgan fingerprint density at radius 2 is 1.46 bits per heavy atom. The summed E-state index contributed by atoms with van der Waals surface area (Å²) in [7, 11) is 0. The second kappa shape index (κ2) is 10.8. The van der Waals surface area contributed by atoms with Gasteiger partial charge in [0.05, 0.1) is 18.3 Å². The lowest BCUT2D eigenvalue weighted by atomic mass is 9.77. The van der Waals surface area contributed by atoms with Gasteiger partial charge in [0.1, 0.15) is 0 Å². The summed E-state index contributed by atoms with van der Waals surface area (Å²) in [5.41, 5.74) is 4.54. The first-order chi connectivity index (χ1) is 13.8. The lowest BCUT2D eigenvalue weighted by Crippen LogP contribution is -2.13. The average molecular weight is 376 g/mol. The first-order valence-electron chi connectivity index (χ1n) is 10.6. The van der Waals surface area contributed by atoms with Crippen molar-refractivity contribution in [2.75, 3.05) is 6.67 Å². The zero-order chi connectivity index (χ0) is 19.6. The second-order valence-electron chi connectivity index (χ2n) is 7.91. The molecule has 2 aromatic rings. The molecule has 0 aliphatic heterocycles. The first-order valence-corrected chi connectivity index (χ1v) is 10.6. The number of hydrogen-bond donors (Lipinski definition) is 0. The Morgan fingerprint density at radius 3 is 2.07 bits per heavy atom. The van der Waals surface area contributed by atoms with E-state index in [4.69, 9.17) is 5.26 Å². The Morgan fingerprint density at radius 1 is 0.857 bits per heavy atom. The minimum absolute atomic E-state index is 0.241. The van der Waals surface area contributed by atoms with Gasteiger partial charge in [0.2, 0.25) is 0 Å². The van der Waals surface area contributed by atoms with Crippen LogP contribution in [-0.2, 0) is 0 Å². The average Bonchev–Trinajstić information content (AvgIpc) is 2.77. The summed E-state index contributed by atoms with van der Waals surface area (Å²) >= 11 is 0. The molecule has 0 unspecified atom stereocenters. The zero-order valence-electron chi connectivity index (χ0n) is 16.6. The van der Waals surface area contributed by atoms with Crippen LogP contribution in [0.3, 0.4) is 0 Å². The number of benzene rings is 2. The van der Waals surface area contributed by atoms with E-state index in [2.05, 4.69) is 36.4 Å². The fourth-order valence-electron chi connectivity index (χ4n) is 4.29. The number of nitrogens with zero attached hydrogens (tertiary/aromatic N) is 1. The van der Waals surface area contributed by atoms with Crippen molar-refractivity contribution in [1.82, 2.24) is 0 Å². The van der Waals surface area contributed by atoms with Gasteiger partial charge in [-0.05, 0) is 85.6 Å². The van der Waals surface area contributed by atoms with Gasteiger partial charge in [0.15, 0.2) is 0 Å². The Bertz CT molecular complexity index is 775. The number of hydrogen-bond acceptors (Lipinski definition) is 1. The van der Waals surface area contributed by atoms with Crippen molar-refractivity contribution in [1.29, 1.82) is 5.26 Å². The molecule has 0 spiro atoms. The van der Waals surface area contributed by atoms with E-state index in [0.717, 1.165) is 17.9 Å². The highest BCUT2D eigenvalue weighted by Crippen LogP contribution is 2.38. The topological polar surface area (TPSA) is 23.8 Å². The minimum Gasteiger partial charge on any atom is -0.251 e. The molecule has 3 rings (SSSR count). The minimum atomic E-state index is -0.241. The van der Waals surface area contributed by atoms with Crippen LogP contribution in [0.4, 0.5) is 4.39 Å². The number of unbranched alkanes of at least 4 members (excludes halogenated alkanes) is 1. The Kier molecular flexibility index (Phi) is 7.85. The summed E-state index contributed by atoms with van der Waals surface area (Å²) in [5.74, 6) is 1.56. The van der Waals surface area contributed by atoms with Crippen molar-refractivity contribution >= 4 is 0 Å². The monoisotopic (exact) mass is 375 g/mol. The maximum atomic E-state index is 12.0. The van der Waals surface area contributed by atoms with Gasteiger partial charge in [-0.15, -0.1) is 0 Å². The van der Waals surface area contributed by atoms with Crippen molar-refractivity contribution in [2.45, 2.75) is 57.3 Å². The van der Waals surface area contributed by atoms with Crippen LogP contribution in [0.15, 0.2) is 60.7 Å². The Labute approximate surface area is 168 Å². The highest BCUT2D eigenvalue weighted by Gasteiger charge is 2.21. The Hall–Kier alpha value is -2.40. The predicted octanol–water partition coefficient (Wildman–Crippen LogP) is 7.59. The van der Waals surface area contributed by atoms with E-state index >= 15 is 0 Å². The molecular weight excluding hydrogens is 345 g/mol. The number of nitriles is 1. The van der Waals surface area contributed by atoms with Crippen molar-refractivity contribution in [3.63, 3.8) is 0 Å². The van der Waals surface area contributed by atoms with Gasteiger partial charge >= 0.3 is 0 Å². The van der Waals surface area contributed by atoms with E-state index in [1.54, 1.807) is 0 Å². The van der Waals surface area contributed by atoms with Crippen LogP contribution in [0.5, 0.6) is 0 Å². The third-order valence-electron chi connectivity index (χ3n) is 6.00. The molecule has 0 aromatic heterocycles. The van der Waals surface area contributed by atoms with E-state index in [-0.39, 0.29) is 6.67 Å². The van der Waals surface area contributed by atoms with Crippen molar-refractivity contribution < 1.29 is 4.39 Å². The van der Waals surface area contributed by atoms with E-state index < -0.39 is 0 Å². The SMILES string of the molecule is N#Cc1ccc(-c2ccc([C@H]3CC[C@H](CCC/C=C/CCF)CC3)cc2)cc1. The van der Waals surface area contributed by atoms with Crippen LogP contribution in [-0.4, -0.2) is 6.67 Å². The second-order valence-corrected chi connectivity index (χ2v) is 7.91. The molecule has 0 saturated heterocycles. The molecule has 1 saturated carbocycles. The molecular formula is C26H30FN. The fourth-order valence-corrected chi connectivity index (χ4v) is 4.29. The standard InChI is InChI=1S/C26H30FN/c27-19-5-3-1-2-4-6-21-7-11-23(12-8-21)25-15-17-26(18-16-25)24-13-9-22(20-28)10-14-24/h1,3,9-10,13-18,21,23H,2,4-8,11-12,19H2/b3-1+/t21-,23-. The summed E-state index contributed by atoms with van der Waals surface area (Å²) in [4.78, 5) is 0. The number of alkyl halides is 1. The molecule has 0 bridgehead atoms. The van der Waals surface area contributed by atoms with Crippen molar-refractivity contribution in [3.05, 3.63) is 71.8 Å². The third-order valence-corrected chi connectivity index (χ3v) is 6.00. The highest BCUT2D eigenvalue weighted by molar-refractivity contribution is 5.64. The van der Waals surface area contributed by atoms with E-state index in [1.165, 1.54) is 49.7 Å². The van der Waals surface area contributed by atoms with E-state index in [9.17, 15) is 4.39 Å². The molecule has 1 aliphatic rings. The molecule has 0 heterocycles. The molecule has 0 atom stereocenters. The molecule has 28 heavy (non-hydrogen) atoms. The van der Waals surface area contributed by atoms with Gasteiger partial charge in [0, 0.05) is 0 Å². The van der Waals surface area contributed by atoms with Gasteiger partial charge in [-0.3, -0.25) is 4.39 Å². The molecule has 0 N–H and O–H groups in total. The van der Waals surface area contributed by atoms with Crippen LogP contribution < -0.4 is 0 Å². The lowest BCUT2D eigenvalue weighted by molar-refractivity contribution is 0.305. The molecule has 2 aromatic carbocycles. The summed E-state index contributed by atoms with van der Waals surface area (Å²) in [6.45, 7) is -0.241. The largest absolute Gasteiger partial charge is 0.251 e.